The van der Waals surface area contributed by atoms with Crippen LogP contribution in [0, 0.1) is 23.3 Å². The van der Waals surface area contributed by atoms with Gasteiger partial charge in [-0.1, -0.05) is 13.2 Å². The molecule has 27 heavy (non-hydrogen) atoms. The molecule has 2 rings (SSSR count). The molecular formula is C19H12F4O2S2. The SMILES string of the molecule is C=CC(=O)Sc1cc(F)c(-c2cc(F)c(SC(=O)C(=C)C)c(F)c2)c(F)c1. The Morgan fingerprint density at radius 1 is 0.926 bits per heavy atom. The van der Waals surface area contributed by atoms with Gasteiger partial charge in [-0.25, -0.2) is 17.6 Å². The molecule has 0 aliphatic rings. The molecule has 0 bridgehead atoms. The number of rotatable bonds is 5. The largest absolute Gasteiger partial charge is 0.282 e. The zero-order valence-electron chi connectivity index (χ0n) is 13.9. The highest BCUT2D eigenvalue weighted by Gasteiger charge is 2.21. The van der Waals surface area contributed by atoms with Gasteiger partial charge in [0.25, 0.3) is 0 Å². The molecule has 0 unspecified atom stereocenters. The molecule has 0 saturated heterocycles. The summed E-state index contributed by atoms with van der Waals surface area (Å²) in [5.41, 5.74) is -0.924. The molecule has 0 fully saturated rings. The van der Waals surface area contributed by atoms with E-state index in [2.05, 4.69) is 13.2 Å². The molecule has 2 aromatic rings. The van der Waals surface area contributed by atoms with Crippen molar-refractivity contribution in [3.05, 3.63) is 72.3 Å². The zero-order valence-corrected chi connectivity index (χ0v) is 15.6. The van der Waals surface area contributed by atoms with Crippen LogP contribution in [0.25, 0.3) is 11.1 Å². The fraction of sp³-hybridized carbons (Fsp3) is 0.0526. The first kappa shape index (κ1) is 21.0. The molecule has 0 aromatic heterocycles. The van der Waals surface area contributed by atoms with Gasteiger partial charge in [-0.2, -0.15) is 0 Å². The summed E-state index contributed by atoms with van der Waals surface area (Å²) in [4.78, 5) is 22.3. The molecule has 0 atom stereocenters. The molecule has 0 N–H and O–H groups in total. The molecule has 0 saturated carbocycles. The van der Waals surface area contributed by atoms with Crippen LogP contribution in [0.15, 0.2) is 58.9 Å². The van der Waals surface area contributed by atoms with Crippen LogP contribution >= 0.6 is 23.5 Å². The van der Waals surface area contributed by atoms with E-state index in [0.29, 0.717) is 23.5 Å². The fourth-order valence-electron chi connectivity index (χ4n) is 2.02. The maximum Gasteiger partial charge on any atom is 0.219 e. The highest BCUT2D eigenvalue weighted by Crippen LogP contribution is 2.35. The molecule has 0 amide bonds. The minimum absolute atomic E-state index is 0.0150. The first-order chi connectivity index (χ1) is 12.6. The van der Waals surface area contributed by atoms with Gasteiger partial charge in [-0.05, 0) is 71.9 Å². The van der Waals surface area contributed by atoms with Crippen molar-refractivity contribution in [2.45, 2.75) is 16.7 Å². The third-order valence-corrected chi connectivity index (χ3v) is 5.20. The second kappa shape index (κ2) is 8.58. The van der Waals surface area contributed by atoms with E-state index in [-0.39, 0.29) is 16.0 Å². The molecule has 0 spiro atoms. The van der Waals surface area contributed by atoms with Crippen LogP contribution in [0.4, 0.5) is 17.6 Å². The number of halogens is 4. The van der Waals surface area contributed by atoms with Gasteiger partial charge in [0.15, 0.2) is 0 Å². The van der Waals surface area contributed by atoms with Crippen LogP contribution in [0.3, 0.4) is 0 Å². The van der Waals surface area contributed by atoms with Gasteiger partial charge in [0, 0.05) is 4.90 Å². The molecular weight excluding hydrogens is 400 g/mol. The van der Waals surface area contributed by atoms with Gasteiger partial charge in [0.05, 0.1) is 10.5 Å². The summed E-state index contributed by atoms with van der Waals surface area (Å²) < 4.78 is 57.1. The van der Waals surface area contributed by atoms with E-state index in [1.54, 1.807) is 0 Å². The van der Waals surface area contributed by atoms with Crippen molar-refractivity contribution in [3.63, 3.8) is 0 Å². The minimum Gasteiger partial charge on any atom is -0.282 e. The van der Waals surface area contributed by atoms with E-state index in [1.807, 2.05) is 0 Å². The highest BCUT2D eigenvalue weighted by molar-refractivity contribution is 8.14. The third kappa shape index (κ3) is 4.90. The standard InChI is InChI=1S/C19H12F4O2S2/c1-4-16(24)26-11-7-12(20)17(13(21)8-11)10-5-14(22)18(15(23)6-10)27-19(25)9(2)3/h4-8H,1-2H2,3H3. The predicted molar refractivity (Wildman–Crippen MR) is 98.4 cm³/mol. The van der Waals surface area contributed by atoms with Crippen molar-refractivity contribution in [1.82, 2.24) is 0 Å². The van der Waals surface area contributed by atoms with E-state index in [0.717, 1.165) is 30.3 Å². The Kier molecular flexibility index (Phi) is 6.67. The topological polar surface area (TPSA) is 34.1 Å². The Labute approximate surface area is 161 Å². The molecule has 0 radical (unpaired) electrons. The van der Waals surface area contributed by atoms with Gasteiger partial charge < -0.3 is 0 Å². The molecule has 0 aliphatic heterocycles. The lowest BCUT2D eigenvalue weighted by Gasteiger charge is -2.10. The Balaban J connectivity index is 2.47. The third-order valence-electron chi connectivity index (χ3n) is 3.23. The van der Waals surface area contributed by atoms with Crippen molar-refractivity contribution in [1.29, 1.82) is 0 Å². The van der Waals surface area contributed by atoms with E-state index in [9.17, 15) is 27.2 Å². The summed E-state index contributed by atoms with van der Waals surface area (Å²) in [6.45, 7) is 8.03. The van der Waals surface area contributed by atoms with E-state index < -0.39 is 44.0 Å². The molecule has 0 aliphatic carbocycles. The summed E-state index contributed by atoms with van der Waals surface area (Å²) in [6, 6.07) is 3.24. The van der Waals surface area contributed by atoms with Gasteiger partial charge in [0.2, 0.25) is 10.2 Å². The maximum atomic E-state index is 14.3. The number of hydrogen-bond acceptors (Lipinski definition) is 4. The van der Waals surface area contributed by atoms with Gasteiger partial charge in [-0.3, -0.25) is 9.59 Å². The van der Waals surface area contributed by atoms with Crippen LogP contribution in [0.5, 0.6) is 0 Å². The zero-order chi connectivity index (χ0) is 20.3. The van der Waals surface area contributed by atoms with E-state index >= 15 is 0 Å². The van der Waals surface area contributed by atoms with Crippen molar-refractivity contribution >= 4 is 33.8 Å². The molecule has 8 heteroatoms. The molecule has 0 heterocycles. The minimum atomic E-state index is -1.14. The number of benzene rings is 2. The van der Waals surface area contributed by atoms with Crippen LogP contribution in [-0.4, -0.2) is 10.2 Å². The van der Waals surface area contributed by atoms with Crippen molar-refractivity contribution < 1.29 is 27.2 Å². The number of hydrogen-bond donors (Lipinski definition) is 0. The Morgan fingerprint density at radius 3 is 1.89 bits per heavy atom. The van der Waals surface area contributed by atoms with Gasteiger partial charge in [0.1, 0.15) is 23.3 Å². The van der Waals surface area contributed by atoms with Crippen LogP contribution in [0.2, 0.25) is 0 Å². The first-order valence-electron chi connectivity index (χ1n) is 7.34. The van der Waals surface area contributed by atoms with Gasteiger partial charge >= 0.3 is 0 Å². The average Bonchev–Trinajstić information content (AvgIpc) is 2.57. The lowest BCUT2D eigenvalue weighted by Crippen LogP contribution is -1.99. The second-order valence-electron chi connectivity index (χ2n) is 5.33. The van der Waals surface area contributed by atoms with Crippen molar-refractivity contribution in [2.24, 2.45) is 0 Å². The lowest BCUT2D eigenvalue weighted by atomic mass is 10.0. The highest BCUT2D eigenvalue weighted by atomic mass is 32.2. The normalized spacial score (nSPS) is 10.6. The molecule has 2 nitrogen and oxygen atoms in total. The number of thioether (sulfide) groups is 2. The Morgan fingerprint density at radius 2 is 1.44 bits per heavy atom. The first-order valence-corrected chi connectivity index (χ1v) is 8.97. The van der Waals surface area contributed by atoms with Crippen LogP contribution < -0.4 is 0 Å². The monoisotopic (exact) mass is 412 g/mol. The van der Waals surface area contributed by atoms with Gasteiger partial charge in [-0.15, -0.1) is 0 Å². The number of carbonyl (C=O) groups is 2. The Hall–Kier alpha value is -2.32. The summed E-state index contributed by atoms with van der Waals surface area (Å²) >= 11 is 0.863. The second-order valence-corrected chi connectivity index (χ2v) is 7.39. The summed E-state index contributed by atoms with van der Waals surface area (Å²) in [5.74, 6) is -4.45. The quantitative estimate of drug-likeness (QED) is 0.347. The fourth-order valence-corrected chi connectivity index (χ4v) is 3.34. The maximum absolute atomic E-state index is 14.3. The van der Waals surface area contributed by atoms with Crippen molar-refractivity contribution in [3.8, 4) is 11.1 Å². The summed E-state index contributed by atoms with van der Waals surface area (Å²) in [7, 11) is 0. The summed E-state index contributed by atoms with van der Waals surface area (Å²) in [5, 5.41) is -1.15. The molecule has 140 valence electrons. The van der Waals surface area contributed by atoms with Crippen LogP contribution in [0.1, 0.15) is 6.92 Å². The molecule has 2 aromatic carbocycles. The Bertz CT molecular complexity index is 924. The van der Waals surface area contributed by atoms with Crippen LogP contribution in [-0.2, 0) is 9.59 Å². The number of carbonyl (C=O) groups excluding carboxylic acids is 2. The smallest absolute Gasteiger partial charge is 0.219 e. The predicted octanol–water partition coefficient (Wildman–Crippen LogP) is 5.91. The summed E-state index contributed by atoms with van der Waals surface area (Å²) in [6.07, 6.45) is 0.988. The van der Waals surface area contributed by atoms with E-state index in [4.69, 9.17) is 0 Å². The van der Waals surface area contributed by atoms with E-state index in [1.165, 1.54) is 6.92 Å². The average molecular weight is 412 g/mol. The van der Waals surface area contributed by atoms with Crippen molar-refractivity contribution in [2.75, 3.05) is 0 Å². The lowest BCUT2D eigenvalue weighted by molar-refractivity contribution is -0.108.